The Morgan fingerprint density at radius 3 is 2.62 bits per heavy atom. The molecule has 2 aromatic carbocycles. The van der Waals surface area contributed by atoms with Crippen molar-refractivity contribution in [2.24, 2.45) is 0 Å². The number of aryl methyl sites for hydroxylation is 2. The predicted octanol–water partition coefficient (Wildman–Crippen LogP) is 5.39. The zero-order valence-electron chi connectivity index (χ0n) is 15.0. The van der Waals surface area contributed by atoms with E-state index in [9.17, 15) is 0 Å². The Balaban J connectivity index is 1.70. The van der Waals surface area contributed by atoms with Crippen molar-refractivity contribution in [1.82, 2.24) is 14.5 Å². The van der Waals surface area contributed by atoms with Crippen LogP contribution in [-0.4, -0.2) is 14.5 Å². The molecular formula is C22H21N3S. The Bertz CT molecular complexity index is 1040. The number of hydrogen-bond donors (Lipinski definition) is 0. The predicted molar refractivity (Wildman–Crippen MR) is 109 cm³/mol. The molecule has 0 atom stereocenters. The summed E-state index contributed by atoms with van der Waals surface area (Å²) in [5.74, 6) is 1.94. The highest BCUT2D eigenvalue weighted by Gasteiger charge is 2.12. The molecule has 0 fully saturated rings. The molecule has 0 saturated heterocycles. The maximum Gasteiger partial charge on any atom is 0.120 e. The average molecular weight is 359 g/mol. The number of thioether (sulfide) groups is 1. The first-order chi connectivity index (χ1) is 12.7. The minimum Gasteiger partial charge on any atom is -0.323 e. The monoisotopic (exact) mass is 359 g/mol. The lowest BCUT2D eigenvalue weighted by molar-refractivity contribution is 0.775. The summed E-state index contributed by atoms with van der Waals surface area (Å²) >= 11 is 1.80. The van der Waals surface area contributed by atoms with E-state index in [1.807, 2.05) is 24.5 Å². The molecule has 0 aliphatic rings. The fraction of sp³-hybridized carbons (Fsp3) is 0.182. The van der Waals surface area contributed by atoms with Gasteiger partial charge in [-0.15, -0.1) is 11.8 Å². The van der Waals surface area contributed by atoms with Gasteiger partial charge in [0.1, 0.15) is 5.82 Å². The molecule has 4 aromatic rings. The molecule has 0 saturated carbocycles. The highest BCUT2D eigenvalue weighted by molar-refractivity contribution is 7.98. The summed E-state index contributed by atoms with van der Waals surface area (Å²) in [6.45, 7) is 5.18. The van der Waals surface area contributed by atoms with E-state index in [1.165, 1.54) is 27.1 Å². The Morgan fingerprint density at radius 1 is 0.962 bits per heavy atom. The molecular weight excluding hydrogens is 338 g/mol. The molecule has 0 aliphatic heterocycles. The van der Waals surface area contributed by atoms with Gasteiger partial charge in [0.25, 0.3) is 0 Å². The Morgan fingerprint density at radius 2 is 1.77 bits per heavy atom. The molecule has 0 N–H and O–H groups in total. The molecule has 0 aliphatic carbocycles. The van der Waals surface area contributed by atoms with Crippen molar-refractivity contribution in [3.63, 3.8) is 0 Å². The van der Waals surface area contributed by atoms with Crippen LogP contribution in [0.2, 0.25) is 0 Å². The fourth-order valence-electron chi connectivity index (χ4n) is 3.14. The topological polar surface area (TPSA) is 30.7 Å². The normalized spacial score (nSPS) is 11.2. The van der Waals surface area contributed by atoms with E-state index in [-0.39, 0.29) is 0 Å². The molecule has 130 valence electrons. The second-order valence-corrected chi connectivity index (χ2v) is 7.55. The largest absolute Gasteiger partial charge is 0.323 e. The molecule has 3 nitrogen and oxygen atoms in total. The Labute approximate surface area is 158 Å². The van der Waals surface area contributed by atoms with E-state index in [0.717, 1.165) is 23.6 Å². The third kappa shape index (κ3) is 3.51. The van der Waals surface area contributed by atoms with Crippen LogP contribution >= 0.6 is 11.8 Å². The highest BCUT2D eigenvalue weighted by atomic mass is 32.2. The van der Waals surface area contributed by atoms with Crippen molar-refractivity contribution in [3.8, 4) is 0 Å². The van der Waals surface area contributed by atoms with Gasteiger partial charge in [-0.1, -0.05) is 35.9 Å². The smallest absolute Gasteiger partial charge is 0.120 e. The van der Waals surface area contributed by atoms with Crippen LogP contribution in [0, 0.1) is 13.8 Å². The molecule has 0 radical (unpaired) electrons. The summed E-state index contributed by atoms with van der Waals surface area (Å²) in [7, 11) is 0. The van der Waals surface area contributed by atoms with Crippen LogP contribution in [0.4, 0.5) is 0 Å². The van der Waals surface area contributed by atoms with Crippen molar-refractivity contribution in [3.05, 3.63) is 89.5 Å². The number of aromatic nitrogens is 3. The standard InChI is InChI=1S/C22H21N3S/c1-16-7-8-17(2)18(13-16)14-25-21-6-4-3-5-20(21)24-22(25)15-26-19-9-11-23-12-10-19/h3-13H,14-15H2,1-2H3. The van der Waals surface area contributed by atoms with Crippen LogP contribution in [-0.2, 0) is 12.3 Å². The highest BCUT2D eigenvalue weighted by Crippen LogP contribution is 2.26. The van der Waals surface area contributed by atoms with E-state index < -0.39 is 0 Å². The minimum absolute atomic E-state index is 0.837. The third-order valence-corrected chi connectivity index (χ3v) is 5.59. The van der Waals surface area contributed by atoms with E-state index in [1.54, 1.807) is 11.8 Å². The van der Waals surface area contributed by atoms with Gasteiger partial charge in [-0.25, -0.2) is 4.98 Å². The number of imidazole rings is 1. The molecule has 4 rings (SSSR count). The van der Waals surface area contributed by atoms with Crippen LogP contribution < -0.4 is 0 Å². The second-order valence-electron chi connectivity index (χ2n) is 6.50. The lowest BCUT2D eigenvalue weighted by Crippen LogP contribution is -2.06. The van der Waals surface area contributed by atoms with Crippen LogP contribution in [0.1, 0.15) is 22.5 Å². The van der Waals surface area contributed by atoms with Gasteiger partial charge in [-0.3, -0.25) is 4.98 Å². The van der Waals surface area contributed by atoms with Gasteiger partial charge in [0.15, 0.2) is 0 Å². The van der Waals surface area contributed by atoms with Crippen LogP contribution in [0.3, 0.4) is 0 Å². The maximum atomic E-state index is 4.90. The Hall–Kier alpha value is -2.59. The van der Waals surface area contributed by atoms with Gasteiger partial charge in [-0.2, -0.15) is 0 Å². The maximum absolute atomic E-state index is 4.90. The number of para-hydroxylation sites is 2. The van der Waals surface area contributed by atoms with Crippen molar-refractivity contribution in [2.75, 3.05) is 0 Å². The summed E-state index contributed by atoms with van der Waals surface area (Å²) in [6, 6.07) is 19.1. The van der Waals surface area contributed by atoms with Crippen molar-refractivity contribution in [2.45, 2.75) is 31.0 Å². The number of nitrogens with zero attached hydrogens (tertiary/aromatic N) is 3. The molecule has 4 heteroatoms. The lowest BCUT2D eigenvalue weighted by Gasteiger charge is -2.12. The molecule has 2 aromatic heterocycles. The molecule has 0 spiro atoms. The van der Waals surface area contributed by atoms with Gasteiger partial charge >= 0.3 is 0 Å². The van der Waals surface area contributed by atoms with E-state index >= 15 is 0 Å². The number of fused-ring (bicyclic) bond motifs is 1. The SMILES string of the molecule is Cc1ccc(C)c(Cn2c(CSc3ccncc3)nc3ccccc32)c1. The van der Waals surface area contributed by atoms with Crippen molar-refractivity contribution >= 4 is 22.8 Å². The summed E-state index contributed by atoms with van der Waals surface area (Å²) in [5.41, 5.74) is 6.22. The van der Waals surface area contributed by atoms with E-state index in [4.69, 9.17) is 4.98 Å². The van der Waals surface area contributed by atoms with Crippen molar-refractivity contribution in [1.29, 1.82) is 0 Å². The van der Waals surface area contributed by atoms with Crippen LogP contribution in [0.5, 0.6) is 0 Å². The van der Waals surface area contributed by atoms with E-state index in [0.29, 0.717) is 0 Å². The number of hydrogen-bond acceptors (Lipinski definition) is 3. The minimum atomic E-state index is 0.837. The average Bonchev–Trinajstić information content (AvgIpc) is 3.01. The lowest BCUT2D eigenvalue weighted by atomic mass is 10.1. The van der Waals surface area contributed by atoms with E-state index in [2.05, 4.69) is 65.9 Å². The number of benzene rings is 2. The summed E-state index contributed by atoms with van der Waals surface area (Å²) in [6.07, 6.45) is 3.67. The van der Waals surface area contributed by atoms with Crippen LogP contribution in [0.25, 0.3) is 11.0 Å². The third-order valence-electron chi connectivity index (χ3n) is 4.58. The van der Waals surface area contributed by atoms with Gasteiger partial charge in [-0.05, 0) is 49.2 Å². The summed E-state index contributed by atoms with van der Waals surface area (Å²) < 4.78 is 2.35. The summed E-state index contributed by atoms with van der Waals surface area (Å²) in [4.78, 5) is 10.2. The quantitative estimate of drug-likeness (QED) is 0.448. The van der Waals surface area contributed by atoms with Crippen LogP contribution in [0.15, 0.2) is 71.9 Å². The fourth-order valence-corrected chi connectivity index (χ4v) is 3.97. The molecule has 0 amide bonds. The number of rotatable bonds is 5. The van der Waals surface area contributed by atoms with Gasteiger partial charge in [0.2, 0.25) is 0 Å². The molecule has 26 heavy (non-hydrogen) atoms. The zero-order chi connectivity index (χ0) is 17.9. The Kier molecular flexibility index (Phi) is 4.76. The summed E-state index contributed by atoms with van der Waals surface area (Å²) in [5, 5.41) is 0. The van der Waals surface area contributed by atoms with Gasteiger partial charge in [0.05, 0.1) is 16.8 Å². The first-order valence-corrected chi connectivity index (χ1v) is 9.72. The first kappa shape index (κ1) is 16.9. The molecule has 0 unspecified atom stereocenters. The zero-order valence-corrected chi connectivity index (χ0v) is 15.8. The number of pyridine rings is 1. The van der Waals surface area contributed by atoms with Gasteiger partial charge < -0.3 is 4.57 Å². The van der Waals surface area contributed by atoms with Gasteiger partial charge in [0, 0.05) is 23.8 Å². The second kappa shape index (κ2) is 7.34. The molecule has 2 heterocycles. The molecule has 0 bridgehead atoms. The first-order valence-electron chi connectivity index (χ1n) is 8.74. The van der Waals surface area contributed by atoms with Crippen molar-refractivity contribution < 1.29 is 0 Å².